The first kappa shape index (κ1) is 9.98. The lowest BCUT2D eigenvalue weighted by atomic mass is 9.96. The van der Waals surface area contributed by atoms with Gasteiger partial charge in [-0.25, -0.2) is 5.84 Å². The van der Waals surface area contributed by atoms with Crippen molar-refractivity contribution >= 4 is 5.91 Å². The van der Waals surface area contributed by atoms with E-state index in [1.54, 1.807) is 7.05 Å². The Morgan fingerprint density at radius 1 is 1.53 bits per heavy atom. The molecule has 1 aromatic carbocycles. The molecule has 4 heteroatoms. The Labute approximate surface area is 88.6 Å². The van der Waals surface area contributed by atoms with Crippen molar-refractivity contribution in [3.05, 3.63) is 29.8 Å². The molecule has 1 aromatic rings. The summed E-state index contributed by atoms with van der Waals surface area (Å²) in [7, 11) is 1.56. The quantitative estimate of drug-likeness (QED) is 0.415. The zero-order chi connectivity index (χ0) is 10.8. The zero-order valence-electron chi connectivity index (χ0n) is 8.64. The molecule has 0 aromatic heterocycles. The molecule has 1 aliphatic heterocycles. The summed E-state index contributed by atoms with van der Waals surface area (Å²) in [5.74, 6) is 6.05. The number of carbonyl (C=O) groups excluding carboxylic acids is 1. The van der Waals surface area contributed by atoms with Crippen LogP contribution in [-0.4, -0.2) is 24.6 Å². The lowest BCUT2D eigenvalue weighted by Crippen LogP contribution is -2.42. The molecule has 0 radical (unpaired) electrons. The second-order valence-corrected chi connectivity index (χ2v) is 3.77. The molecule has 80 valence electrons. The first-order chi connectivity index (χ1) is 7.18. The molecule has 0 bridgehead atoms. The predicted octanol–water partition coefficient (Wildman–Crippen LogP) is 0.570. The highest BCUT2D eigenvalue weighted by Gasteiger charge is 2.26. The van der Waals surface area contributed by atoms with Crippen molar-refractivity contribution in [1.82, 2.24) is 5.01 Å². The van der Waals surface area contributed by atoms with Crippen LogP contribution >= 0.6 is 0 Å². The highest BCUT2D eigenvalue weighted by atomic mass is 16.5. The normalized spacial score (nSPS) is 18.9. The number of benzene rings is 1. The van der Waals surface area contributed by atoms with Crippen molar-refractivity contribution in [2.75, 3.05) is 13.7 Å². The standard InChI is InChI=1S/C11H14N2O2/c1-13(12)11(14)9-6-8-4-2-3-5-10(8)15-7-9/h2-5,9H,6-7,12H2,1H3/t9-/m1/s1. The lowest BCUT2D eigenvalue weighted by Gasteiger charge is -2.26. The van der Waals surface area contributed by atoms with Crippen molar-refractivity contribution in [3.8, 4) is 5.75 Å². The molecule has 2 rings (SSSR count). The highest BCUT2D eigenvalue weighted by molar-refractivity contribution is 5.78. The second-order valence-electron chi connectivity index (χ2n) is 3.77. The minimum atomic E-state index is -0.158. The number of hydrogen-bond acceptors (Lipinski definition) is 3. The fourth-order valence-electron chi connectivity index (χ4n) is 1.77. The third kappa shape index (κ3) is 1.94. The van der Waals surface area contributed by atoms with Crippen LogP contribution in [0.5, 0.6) is 5.75 Å². The average molecular weight is 206 g/mol. The maximum atomic E-state index is 11.6. The van der Waals surface area contributed by atoms with E-state index in [4.69, 9.17) is 10.6 Å². The van der Waals surface area contributed by atoms with Crippen LogP contribution < -0.4 is 10.6 Å². The van der Waals surface area contributed by atoms with Crippen LogP contribution in [0.4, 0.5) is 0 Å². The number of rotatable bonds is 1. The summed E-state index contributed by atoms with van der Waals surface area (Å²) in [6.07, 6.45) is 0.705. The van der Waals surface area contributed by atoms with Crippen LogP contribution in [0.3, 0.4) is 0 Å². The SMILES string of the molecule is CN(N)C(=O)[C@H]1COc2ccccc2C1. The van der Waals surface area contributed by atoms with Crippen LogP contribution in [0.15, 0.2) is 24.3 Å². The number of para-hydroxylation sites is 1. The van der Waals surface area contributed by atoms with E-state index in [0.29, 0.717) is 13.0 Å². The molecule has 4 nitrogen and oxygen atoms in total. The van der Waals surface area contributed by atoms with Crippen LogP contribution in [-0.2, 0) is 11.2 Å². The third-order valence-corrected chi connectivity index (χ3v) is 2.58. The molecule has 0 aliphatic carbocycles. The van der Waals surface area contributed by atoms with Crippen molar-refractivity contribution in [2.45, 2.75) is 6.42 Å². The Hall–Kier alpha value is -1.55. The zero-order valence-corrected chi connectivity index (χ0v) is 8.64. The van der Waals surface area contributed by atoms with E-state index in [1.165, 1.54) is 0 Å². The largest absolute Gasteiger partial charge is 0.492 e. The topological polar surface area (TPSA) is 55.6 Å². The first-order valence-corrected chi connectivity index (χ1v) is 4.91. The van der Waals surface area contributed by atoms with Gasteiger partial charge >= 0.3 is 0 Å². The Bertz CT molecular complexity index is 377. The van der Waals surface area contributed by atoms with Gasteiger partial charge in [0.2, 0.25) is 5.91 Å². The molecule has 1 atom stereocenters. The van der Waals surface area contributed by atoms with E-state index in [2.05, 4.69) is 0 Å². The van der Waals surface area contributed by atoms with Gasteiger partial charge in [-0.15, -0.1) is 0 Å². The molecule has 15 heavy (non-hydrogen) atoms. The van der Waals surface area contributed by atoms with Gasteiger partial charge in [-0.05, 0) is 18.1 Å². The molecule has 0 unspecified atom stereocenters. The fourth-order valence-corrected chi connectivity index (χ4v) is 1.77. The van der Waals surface area contributed by atoms with Gasteiger partial charge in [-0.2, -0.15) is 0 Å². The number of fused-ring (bicyclic) bond motifs is 1. The predicted molar refractivity (Wildman–Crippen MR) is 56.1 cm³/mol. The molecule has 0 spiro atoms. The molecule has 1 amide bonds. The maximum absolute atomic E-state index is 11.6. The summed E-state index contributed by atoms with van der Waals surface area (Å²) in [6, 6.07) is 7.77. The number of carbonyl (C=O) groups is 1. The van der Waals surface area contributed by atoms with Gasteiger partial charge in [-0.3, -0.25) is 9.80 Å². The Kier molecular flexibility index (Phi) is 2.60. The van der Waals surface area contributed by atoms with E-state index >= 15 is 0 Å². The minimum absolute atomic E-state index is 0.0792. The highest BCUT2D eigenvalue weighted by Crippen LogP contribution is 2.27. The molecule has 0 saturated carbocycles. The first-order valence-electron chi connectivity index (χ1n) is 4.91. The molecular weight excluding hydrogens is 192 g/mol. The lowest BCUT2D eigenvalue weighted by molar-refractivity contribution is -0.135. The van der Waals surface area contributed by atoms with Gasteiger partial charge in [-0.1, -0.05) is 18.2 Å². The van der Waals surface area contributed by atoms with E-state index in [9.17, 15) is 4.79 Å². The van der Waals surface area contributed by atoms with Crippen LogP contribution in [0, 0.1) is 5.92 Å². The third-order valence-electron chi connectivity index (χ3n) is 2.58. The van der Waals surface area contributed by atoms with Crippen LogP contribution in [0.2, 0.25) is 0 Å². The fraction of sp³-hybridized carbons (Fsp3) is 0.364. The number of ether oxygens (including phenoxy) is 1. The van der Waals surface area contributed by atoms with Crippen molar-refractivity contribution < 1.29 is 9.53 Å². The molecule has 0 saturated heterocycles. The number of amides is 1. The van der Waals surface area contributed by atoms with Crippen molar-refractivity contribution in [1.29, 1.82) is 0 Å². The monoisotopic (exact) mass is 206 g/mol. The summed E-state index contributed by atoms with van der Waals surface area (Å²) in [4.78, 5) is 11.6. The summed E-state index contributed by atoms with van der Waals surface area (Å²) >= 11 is 0. The van der Waals surface area contributed by atoms with E-state index in [-0.39, 0.29) is 11.8 Å². The van der Waals surface area contributed by atoms with E-state index in [0.717, 1.165) is 16.3 Å². The second kappa shape index (κ2) is 3.90. The van der Waals surface area contributed by atoms with Gasteiger partial charge in [0.15, 0.2) is 0 Å². The van der Waals surface area contributed by atoms with Gasteiger partial charge in [0.1, 0.15) is 12.4 Å². The molecule has 1 heterocycles. The van der Waals surface area contributed by atoms with Gasteiger partial charge in [0, 0.05) is 7.05 Å². The number of nitrogens with zero attached hydrogens (tertiary/aromatic N) is 1. The minimum Gasteiger partial charge on any atom is -0.492 e. The molecule has 1 aliphatic rings. The number of hydrogen-bond donors (Lipinski definition) is 1. The number of hydrazine groups is 1. The van der Waals surface area contributed by atoms with Gasteiger partial charge in [0.05, 0.1) is 5.92 Å². The summed E-state index contributed by atoms with van der Waals surface area (Å²) in [5.41, 5.74) is 1.07. The number of nitrogens with two attached hydrogens (primary N) is 1. The summed E-state index contributed by atoms with van der Waals surface area (Å²) in [6.45, 7) is 0.414. The summed E-state index contributed by atoms with van der Waals surface area (Å²) < 4.78 is 5.50. The van der Waals surface area contributed by atoms with Crippen LogP contribution in [0.1, 0.15) is 5.56 Å². The molecular formula is C11H14N2O2. The van der Waals surface area contributed by atoms with Gasteiger partial charge in [0.25, 0.3) is 0 Å². The Balaban J connectivity index is 2.15. The smallest absolute Gasteiger partial charge is 0.243 e. The van der Waals surface area contributed by atoms with Crippen LogP contribution in [0.25, 0.3) is 0 Å². The van der Waals surface area contributed by atoms with Gasteiger partial charge < -0.3 is 4.74 Å². The Morgan fingerprint density at radius 3 is 3.00 bits per heavy atom. The maximum Gasteiger partial charge on any atom is 0.243 e. The van der Waals surface area contributed by atoms with E-state index < -0.39 is 0 Å². The molecule has 2 N–H and O–H groups in total. The molecule has 0 fully saturated rings. The van der Waals surface area contributed by atoms with Crippen molar-refractivity contribution in [3.63, 3.8) is 0 Å². The summed E-state index contributed by atoms with van der Waals surface area (Å²) in [5, 5.41) is 1.13. The van der Waals surface area contributed by atoms with E-state index in [1.807, 2.05) is 24.3 Å². The average Bonchev–Trinajstić information content (AvgIpc) is 2.27. The Morgan fingerprint density at radius 2 is 2.27 bits per heavy atom. The van der Waals surface area contributed by atoms with Crippen molar-refractivity contribution in [2.24, 2.45) is 11.8 Å².